The summed E-state index contributed by atoms with van der Waals surface area (Å²) >= 11 is 0. The number of fused-ring (bicyclic) bond motifs is 2. The molecule has 2 aromatic rings. The third-order valence-electron chi connectivity index (χ3n) is 6.29. The number of ether oxygens (including phenoxy) is 1. The smallest absolute Gasteiger partial charge is 0.330 e. The van der Waals surface area contributed by atoms with Crippen molar-refractivity contribution in [2.24, 2.45) is 0 Å². The number of aryl methyl sites for hydroxylation is 1. The number of unbranched alkanes of at least 4 members (excludes halogenated alkanes) is 3. The number of rotatable bonds is 15. The molecule has 0 aliphatic carbocycles. The van der Waals surface area contributed by atoms with Gasteiger partial charge in [-0.3, -0.25) is 4.57 Å². The molecule has 0 N–H and O–H groups in total. The highest BCUT2D eigenvalue weighted by Gasteiger charge is 2.29. The van der Waals surface area contributed by atoms with E-state index in [1.807, 2.05) is 6.07 Å². The van der Waals surface area contributed by atoms with Gasteiger partial charge in [0.1, 0.15) is 11.5 Å². The Morgan fingerprint density at radius 1 is 0.818 bits per heavy atom. The molecule has 0 amide bonds. The minimum absolute atomic E-state index is 0.300. The van der Waals surface area contributed by atoms with Gasteiger partial charge in [-0.25, -0.2) is 0 Å². The van der Waals surface area contributed by atoms with Crippen molar-refractivity contribution in [1.82, 2.24) is 0 Å². The Kier molecular flexibility index (Phi) is 10.5. The normalized spacial score (nSPS) is 15.1. The first-order chi connectivity index (χ1) is 16.1. The van der Waals surface area contributed by atoms with E-state index in [0.717, 1.165) is 69.3 Å². The van der Waals surface area contributed by atoms with Crippen LogP contribution in [0.4, 0.5) is 0 Å². The van der Waals surface area contributed by atoms with Crippen LogP contribution in [0.5, 0.6) is 11.5 Å². The zero-order valence-electron chi connectivity index (χ0n) is 20.7. The van der Waals surface area contributed by atoms with Crippen molar-refractivity contribution in [3.63, 3.8) is 0 Å². The van der Waals surface area contributed by atoms with Crippen molar-refractivity contribution in [2.45, 2.75) is 84.5 Å². The molecule has 5 heteroatoms. The van der Waals surface area contributed by atoms with Gasteiger partial charge in [-0.05, 0) is 49.8 Å². The first-order valence-corrected chi connectivity index (χ1v) is 14.6. The van der Waals surface area contributed by atoms with E-state index in [1.165, 1.54) is 16.7 Å². The summed E-state index contributed by atoms with van der Waals surface area (Å²) in [4.78, 5) is 0. The Labute approximate surface area is 200 Å². The van der Waals surface area contributed by atoms with Crippen molar-refractivity contribution >= 4 is 7.60 Å². The molecule has 1 atom stereocenters. The molecule has 1 unspecified atom stereocenters. The maximum atomic E-state index is 13.3. The number of hydrogen-bond donors (Lipinski definition) is 0. The monoisotopic (exact) mass is 472 g/mol. The zero-order chi connectivity index (χ0) is 23.5. The van der Waals surface area contributed by atoms with E-state index in [9.17, 15) is 4.57 Å². The Morgan fingerprint density at radius 3 is 2.21 bits per heavy atom. The molecule has 3 rings (SSSR count). The molecule has 0 spiro atoms. The van der Waals surface area contributed by atoms with Gasteiger partial charge in [-0.2, -0.15) is 0 Å². The zero-order valence-corrected chi connectivity index (χ0v) is 21.6. The van der Waals surface area contributed by atoms with Gasteiger partial charge in [0, 0.05) is 17.0 Å². The van der Waals surface area contributed by atoms with Gasteiger partial charge in [-0.15, -0.1) is 0 Å². The van der Waals surface area contributed by atoms with Crippen molar-refractivity contribution in [2.75, 3.05) is 19.4 Å². The van der Waals surface area contributed by atoms with Crippen molar-refractivity contribution in [1.29, 1.82) is 0 Å². The fourth-order valence-electron chi connectivity index (χ4n) is 4.51. The largest absolute Gasteiger partial charge is 0.457 e. The summed E-state index contributed by atoms with van der Waals surface area (Å²) in [5.74, 6) is 2.25. The SMILES string of the molecule is CCCCOP(=O)(CCCCC1c2ccccc2Oc2cccc(CCC)c21)OCCCC. The topological polar surface area (TPSA) is 44.8 Å². The molecule has 1 aliphatic heterocycles. The summed E-state index contributed by atoms with van der Waals surface area (Å²) in [6, 6.07) is 14.8. The third kappa shape index (κ3) is 7.18. The van der Waals surface area contributed by atoms with Gasteiger partial charge in [0.05, 0.1) is 19.4 Å². The molecule has 182 valence electrons. The maximum Gasteiger partial charge on any atom is 0.330 e. The fraction of sp³-hybridized carbons (Fsp3) is 0.571. The van der Waals surface area contributed by atoms with Crippen molar-refractivity contribution < 1.29 is 18.3 Å². The van der Waals surface area contributed by atoms with Crippen LogP contribution in [0.3, 0.4) is 0 Å². The summed E-state index contributed by atoms with van der Waals surface area (Å²) in [5, 5.41) is 0. The van der Waals surface area contributed by atoms with Crippen LogP contribution in [0.25, 0.3) is 0 Å². The van der Waals surface area contributed by atoms with E-state index >= 15 is 0 Å². The summed E-state index contributed by atoms with van der Waals surface area (Å²) < 4.78 is 31.1. The average Bonchev–Trinajstić information content (AvgIpc) is 2.82. The lowest BCUT2D eigenvalue weighted by Gasteiger charge is -2.30. The molecular weight excluding hydrogens is 431 g/mol. The van der Waals surface area contributed by atoms with E-state index in [4.69, 9.17) is 13.8 Å². The van der Waals surface area contributed by atoms with Crippen LogP contribution in [0.15, 0.2) is 42.5 Å². The summed E-state index contributed by atoms with van der Waals surface area (Å²) in [5.41, 5.74) is 3.97. The van der Waals surface area contributed by atoms with Crippen LogP contribution in [0, 0.1) is 0 Å². The maximum absolute atomic E-state index is 13.3. The molecule has 0 aromatic heterocycles. The molecule has 0 saturated carbocycles. The highest BCUT2D eigenvalue weighted by molar-refractivity contribution is 7.53. The predicted molar refractivity (Wildman–Crippen MR) is 137 cm³/mol. The Hall–Kier alpha value is -1.61. The molecule has 2 aromatic carbocycles. The lowest BCUT2D eigenvalue weighted by Crippen LogP contribution is -2.13. The second kappa shape index (κ2) is 13.3. The third-order valence-corrected chi connectivity index (χ3v) is 8.30. The fourth-order valence-corrected chi connectivity index (χ4v) is 6.27. The second-order valence-corrected chi connectivity index (χ2v) is 11.2. The van der Waals surface area contributed by atoms with Crippen LogP contribution >= 0.6 is 7.60 Å². The Bertz CT molecular complexity index is 897. The van der Waals surface area contributed by atoms with Gasteiger partial charge in [-0.1, -0.05) is 76.8 Å². The molecule has 1 aliphatic rings. The van der Waals surface area contributed by atoms with E-state index in [2.05, 4.69) is 57.2 Å². The molecule has 1 heterocycles. The van der Waals surface area contributed by atoms with Crippen LogP contribution in [-0.2, 0) is 20.0 Å². The van der Waals surface area contributed by atoms with Gasteiger partial charge < -0.3 is 13.8 Å². The highest BCUT2D eigenvalue weighted by Crippen LogP contribution is 2.51. The number of hydrogen-bond acceptors (Lipinski definition) is 4. The van der Waals surface area contributed by atoms with E-state index in [-0.39, 0.29) is 0 Å². The van der Waals surface area contributed by atoms with Crippen LogP contribution < -0.4 is 4.74 Å². The van der Waals surface area contributed by atoms with E-state index in [1.54, 1.807) is 0 Å². The van der Waals surface area contributed by atoms with Crippen molar-refractivity contribution in [3.05, 3.63) is 59.2 Å². The summed E-state index contributed by atoms with van der Waals surface area (Å²) in [6.07, 6.45) is 9.34. The standard InChI is InChI=1S/C28H41O4P/c1-4-7-20-30-33(29,31-21-8-5-2)22-12-11-17-25-24-16-9-10-18-26(24)32-27-19-13-15-23(14-6-3)28(25)27/h9-10,13,15-16,18-19,25H,4-8,11-12,14,17,20-22H2,1-3H3. The Morgan fingerprint density at radius 2 is 1.52 bits per heavy atom. The molecule has 33 heavy (non-hydrogen) atoms. The van der Waals surface area contributed by atoms with Crippen LogP contribution in [-0.4, -0.2) is 19.4 Å². The van der Waals surface area contributed by atoms with E-state index < -0.39 is 7.60 Å². The van der Waals surface area contributed by atoms with Crippen LogP contribution in [0.1, 0.15) is 94.7 Å². The van der Waals surface area contributed by atoms with E-state index in [0.29, 0.717) is 25.3 Å². The average molecular weight is 473 g/mol. The van der Waals surface area contributed by atoms with Gasteiger partial charge >= 0.3 is 7.60 Å². The molecule has 0 saturated heterocycles. The van der Waals surface area contributed by atoms with Gasteiger partial charge in [0.2, 0.25) is 0 Å². The number of benzene rings is 2. The summed E-state index contributed by atoms with van der Waals surface area (Å²) in [7, 11) is -3.03. The molecule has 0 bridgehead atoms. The second-order valence-electron chi connectivity index (χ2n) is 8.98. The Balaban J connectivity index is 1.69. The predicted octanol–water partition coefficient (Wildman–Crippen LogP) is 8.87. The highest BCUT2D eigenvalue weighted by atomic mass is 31.2. The minimum atomic E-state index is -3.03. The number of para-hydroxylation sites is 1. The molecule has 4 nitrogen and oxygen atoms in total. The van der Waals surface area contributed by atoms with Crippen LogP contribution in [0.2, 0.25) is 0 Å². The minimum Gasteiger partial charge on any atom is -0.457 e. The first kappa shape index (κ1) is 26.0. The first-order valence-electron chi connectivity index (χ1n) is 12.9. The molecule has 0 radical (unpaired) electrons. The van der Waals surface area contributed by atoms with Gasteiger partial charge in [0.25, 0.3) is 0 Å². The van der Waals surface area contributed by atoms with Crippen molar-refractivity contribution in [3.8, 4) is 11.5 Å². The van der Waals surface area contributed by atoms with Gasteiger partial charge in [0.15, 0.2) is 0 Å². The molecule has 0 fully saturated rings. The molecular formula is C28H41O4P. The lowest BCUT2D eigenvalue weighted by atomic mass is 9.81. The quantitative estimate of drug-likeness (QED) is 0.192. The lowest BCUT2D eigenvalue weighted by molar-refractivity contribution is 0.199. The summed E-state index contributed by atoms with van der Waals surface area (Å²) in [6.45, 7) is 7.48.